The molecule has 2 nitrogen and oxygen atoms in total. The molecule has 0 spiro atoms. The van der Waals surface area contributed by atoms with E-state index in [2.05, 4.69) is 6.07 Å². The van der Waals surface area contributed by atoms with E-state index in [0.29, 0.717) is 19.5 Å². The van der Waals surface area contributed by atoms with Crippen LogP contribution in [-0.2, 0) is 6.18 Å². The molecule has 1 fully saturated rings. The zero-order chi connectivity index (χ0) is 15.6. The fourth-order valence-corrected chi connectivity index (χ4v) is 3.02. The van der Waals surface area contributed by atoms with Crippen LogP contribution in [0.5, 0.6) is 0 Å². The standard InChI is InChI=1S/C15H16ClF3N2/c1-2-10-9-21(6-5-11(10)8-20)14-4-3-12(16)7-13(14)15(17,18)19/h3-4,7,10-11H,2,5-6,9H2,1H3. The third kappa shape index (κ3) is 3.44. The summed E-state index contributed by atoms with van der Waals surface area (Å²) < 4.78 is 39.5. The molecule has 2 unspecified atom stereocenters. The van der Waals surface area contributed by atoms with Gasteiger partial charge in [0.25, 0.3) is 0 Å². The van der Waals surface area contributed by atoms with E-state index in [1.807, 2.05) is 6.92 Å². The van der Waals surface area contributed by atoms with Crippen molar-refractivity contribution >= 4 is 17.3 Å². The van der Waals surface area contributed by atoms with Crippen molar-refractivity contribution in [3.8, 4) is 6.07 Å². The Hall–Kier alpha value is -1.41. The summed E-state index contributed by atoms with van der Waals surface area (Å²) in [6.45, 7) is 2.89. The fraction of sp³-hybridized carbons (Fsp3) is 0.533. The molecule has 1 aromatic rings. The molecule has 6 heteroatoms. The van der Waals surface area contributed by atoms with Gasteiger partial charge in [0.1, 0.15) is 0 Å². The maximum atomic E-state index is 13.2. The number of halogens is 4. The van der Waals surface area contributed by atoms with Crippen molar-refractivity contribution in [2.45, 2.75) is 25.9 Å². The minimum absolute atomic E-state index is 0.0741. The number of hydrogen-bond donors (Lipinski definition) is 0. The summed E-state index contributed by atoms with van der Waals surface area (Å²) in [6.07, 6.45) is -3.06. The molecule has 0 aliphatic carbocycles. The summed E-state index contributed by atoms with van der Waals surface area (Å²) in [5.41, 5.74) is -0.554. The highest BCUT2D eigenvalue weighted by atomic mass is 35.5. The molecular weight excluding hydrogens is 301 g/mol. The first kappa shape index (κ1) is 16.0. The monoisotopic (exact) mass is 316 g/mol. The van der Waals surface area contributed by atoms with E-state index in [1.54, 1.807) is 4.90 Å². The van der Waals surface area contributed by atoms with Crippen LogP contribution < -0.4 is 4.90 Å². The number of nitriles is 1. The predicted octanol–water partition coefficient (Wildman–Crippen LogP) is 4.73. The van der Waals surface area contributed by atoms with Crippen molar-refractivity contribution in [3.05, 3.63) is 28.8 Å². The second-order valence-electron chi connectivity index (χ2n) is 5.30. The summed E-state index contributed by atoms with van der Waals surface area (Å²) in [7, 11) is 0. The van der Waals surface area contributed by atoms with Gasteiger partial charge in [0.05, 0.1) is 17.6 Å². The largest absolute Gasteiger partial charge is 0.418 e. The molecule has 1 saturated heterocycles. The number of anilines is 1. The Kier molecular flexibility index (Phi) is 4.67. The van der Waals surface area contributed by atoms with Crippen LogP contribution in [0.25, 0.3) is 0 Å². The molecule has 0 N–H and O–H groups in total. The van der Waals surface area contributed by atoms with Crippen molar-refractivity contribution in [1.82, 2.24) is 0 Å². The first-order chi connectivity index (χ1) is 9.86. The van der Waals surface area contributed by atoms with Gasteiger partial charge in [-0.05, 0) is 30.5 Å². The number of alkyl halides is 3. The van der Waals surface area contributed by atoms with Crippen LogP contribution in [0.15, 0.2) is 18.2 Å². The average Bonchev–Trinajstić information content (AvgIpc) is 2.45. The van der Waals surface area contributed by atoms with E-state index in [0.717, 1.165) is 12.5 Å². The Labute approximate surface area is 127 Å². The lowest BCUT2D eigenvalue weighted by Gasteiger charge is -2.38. The number of benzene rings is 1. The van der Waals surface area contributed by atoms with Crippen molar-refractivity contribution in [3.63, 3.8) is 0 Å². The van der Waals surface area contributed by atoms with Gasteiger partial charge in [-0.1, -0.05) is 24.9 Å². The summed E-state index contributed by atoms with van der Waals surface area (Å²) in [5, 5.41) is 9.18. The van der Waals surface area contributed by atoms with E-state index in [9.17, 15) is 13.2 Å². The Morgan fingerprint density at radius 3 is 2.71 bits per heavy atom. The van der Waals surface area contributed by atoms with Crippen molar-refractivity contribution in [2.24, 2.45) is 11.8 Å². The van der Waals surface area contributed by atoms with Gasteiger partial charge in [-0.2, -0.15) is 18.4 Å². The predicted molar refractivity (Wildman–Crippen MR) is 76.2 cm³/mol. The summed E-state index contributed by atoms with van der Waals surface area (Å²) >= 11 is 5.70. The summed E-state index contributed by atoms with van der Waals surface area (Å²) in [5.74, 6) is 0.0217. The van der Waals surface area contributed by atoms with Crippen molar-refractivity contribution in [1.29, 1.82) is 5.26 Å². The molecule has 1 aromatic carbocycles. The van der Waals surface area contributed by atoms with Crippen molar-refractivity contribution in [2.75, 3.05) is 18.0 Å². The number of piperidine rings is 1. The van der Waals surface area contributed by atoms with Gasteiger partial charge in [0, 0.05) is 23.8 Å². The number of rotatable bonds is 2. The Bertz CT molecular complexity index is 551. The van der Waals surface area contributed by atoms with Crippen LogP contribution in [0, 0.1) is 23.2 Å². The molecular formula is C15H16ClF3N2. The lowest BCUT2D eigenvalue weighted by molar-refractivity contribution is -0.137. The molecule has 2 atom stereocenters. The second-order valence-corrected chi connectivity index (χ2v) is 5.73. The number of nitrogens with zero attached hydrogens (tertiary/aromatic N) is 2. The Morgan fingerprint density at radius 2 is 2.14 bits per heavy atom. The van der Waals surface area contributed by atoms with Gasteiger partial charge < -0.3 is 4.90 Å². The normalized spacial score (nSPS) is 23.0. The maximum Gasteiger partial charge on any atom is 0.418 e. The van der Waals surface area contributed by atoms with Gasteiger partial charge in [0.15, 0.2) is 0 Å². The van der Waals surface area contributed by atoms with Gasteiger partial charge in [-0.25, -0.2) is 0 Å². The fourth-order valence-electron chi connectivity index (χ4n) is 2.85. The van der Waals surface area contributed by atoms with Crippen LogP contribution in [-0.4, -0.2) is 13.1 Å². The molecule has 0 amide bonds. The van der Waals surface area contributed by atoms with Crippen LogP contribution >= 0.6 is 11.6 Å². The molecule has 1 heterocycles. The zero-order valence-corrected chi connectivity index (χ0v) is 12.4. The Balaban J connectivity index is 2.33. The van der Waals surface area contributed by atoms with E-state index >= 15 is 0 Å². The summed E-state index contributed by atoms with van der Waals surface area (Å²) in [6, 6.07) is 6.12. The first-order valence-corrected chi connectivity index (χ1v) is 7.26. The molecule has 21 heavy (non-hydrogen) atoms. The molecule has 0 radical (unpaired) electrons. The maximum absolute atomic E-state index is 13.2. The van der Waals surface area contributed by atoms with Crippen LogP contribution in [0.3, 0.4) is 0 Å². The topological polar surface area (TPSA) is 27.0 Å². The highest BCUT2D eigenvalue weighted by molar-refractivity contribution is 6.30. The molecule has 0 saturated carbocycles. The van der Waals surface area contributed by atoms with E-state index < -0.39 is 11.7 Å². The van der Waals surface area contributed by atoms with E-state index in [-0.39, 0.29) is 22.5 Å². The zero-order valence-electron chi connectivity index (χ0n) is 11.6. The van der Waals surface area contributed by atoms with Gasteiger partial charge >= 0.3 is 6.18 Å². The average molecular weight is 317 g/mol. The molecule has 1 aliphatic heterocycles. The van der Waals surface area contributed by atoms with Gasteiger partial charge in [0.2, 0.25) is 0 Å². The van der Waals surface area contributed by atoms with Crippen LogP contribution in [0.1, 0.15) is 25.3 Å². The number of hydrogen-bond acceptors (Lipinski definition) is 2. The molecule has 2 rings (SSSR count). The second kappa shape index (κ2) is 6.15. The smallest absolute Gasteiger partial charge is 0.371 e. The highest BCUT2D eigenvalue weighted by Gasteiger charge is 2.37. The third-order valence-corrected chi connectivity index (χ3v) is 4.26. The molecule has 0 bridgehead atoms. The van der Waals surface area contributed by atoms with Crippen molar-refractivity contribution < 1.29 is 13.2 Å². The summed E-state index contributed by atoms with van der Waals surface area (Å²) in [4.78, 5) is 1.72. The molecule has 1 aliphatic rings. The molecule has 0 aromatic heterocycles. The lowest BCUT2D eigenvalue weighted by atomic mass is 9.84. The highest BCUT2D eigenvalue weighted by Crippen LogP contribution is 2.40. The molecule has 114 valence electrons. The van der Waals surface area contributed by atoms with Crippen LogP contribution in [0.4, 0.5) is 18.9 Å². The lowest BCUT2D eigenvalue weighted by Crippen LogP contribution is -2.40. The quantitative estimate of drug-likeness (QED) is 0.788. The van der Waals surface area contributed by atoms with Gasteiger partial charge in [-0.3, -0.25) is 0 Å². The van der Waals surface area contributed by atoms with Gasteiger partial charge in [-0.15, -0.1) is 0 Å². The Morgan fingerprint density at radius 1 is 1.43 bits per heavy atom. The van der Waals surface area contributed by atoms with E-state index in [1.165, 1.54) is 12.1 Å². The minimum atomic E-state index is -4.44. The SMILES string of the molecule is CCC1CN(c2ccc(Cl)cc2C(F)(F)F)CCC1C#N. The van der Waals surface area contributed by atoms with E-state index in [4.69, 9.17) is 16.9 Å². The first-order valence-electron chi connectivity index (χ1n) is 6.88. The van der Waals surface area contributed by atoms with Crippen LogP contribution in [0.2, 0.25) is 5.02 Å². The minimum Gasteiger partial charge on any atom is -0.371 e. The third-order valence-electron chi connectivity index (χ3n) is 4.03.